The van der Waals surface area contributed by atoms with Gasteiger partial charge < -0.3 is 14.6 Å². The van der Waals surface area contributed by atoms with Gasteiger partial charge in [-0.25, -0.2) is 9.78 Å². The lowest BCUT2D eigenvalue weighted by Crippen LogP contribution is -2.14. The number of allylic oxidation sites excluding steroid dienone is 1. The topological polar surface area (TPSA) is 99.0 Å². The van der Waals surface area contributed by atoms with Crippen molar-refractivity contribution in [2.24, 2.45) is 0 Å². The molecule has 0 saturated carbocycles. The number of carbonyl (C=O) groups excluding carboxylic acids is 2. The number of nitrogens with zero attached hydrogens (tertiary/aromatic N) is 4. The molecular weight excluding hydrogens is 434 g/mol. The van der Waals surface area contributed by atoms with E-state index in [9.17, 15) is 9.59 Å². The minimum Gasteiger partial charge on any atom is -0.462 e. The van der Waals surface area contributed by atoms with Crippen LogP contribution < -0.4 is 5.32 Å². The summed E-state index contributed by atoms with van der Waals surface area (Å²) in [5, 5.41) is 12.3. The van der Waals surface area contributed by atoms with Crippen molar-refractivity contribution < 1.29 is 14.3 Å². The highest BCUT2D eigenvalue weighted by atomic mass is 32.2. The number of amides is 1. The third-order valence-electron chi connectivity index (χ3n) is 4.15. The van der Waals surface area contributed by atoms with Gasteiger partial charge in [0.15, 0.2) is 10.3 Å². The number of nitrogens with one attached hydrogen (secondary N) is 1. The highest BCUT2D eigenvalue weighted by Crippen LogP contribution is 2.24. The second kappa shape index (κ2) is 10.9. The first-order valence-corrected chi connectivity index (χ1v) is 11.5. The number of aryl methyl sites for hydroxylation is 1. The van der Waals surface area contributed by atoms with E-state index in [0.717, 1.165) is 22.7 Å². The molecule has 3 aromatic rings. The van der Waals surface area contributed by atoms with Crippen LogP contribution in [0.5, 0.6) is 0 Å². The van der Waals surface area contributed by atoms with E-state index in [2.05, 4.69) is 27.1 Å². The summed E-state index contributed by atoms with van der Waals surface area (Å²) in [7, 11) is 0. The van der Waals surface area contributed by atoms with Gasteiger partial charge in [-0.2, -0.15) is 0 Å². The number of benzene rings is 1. The van der Waals surface area contributed by atoms with Crippen LogP contribution in [0.4, 0.5) is 5.13 Å². The maximum Gasteiger partial charge on any atom is 0.350 e. The number of thioether (sulfide) groups is 1. The molecule has 1 amide bonds. The van der Waals surface area contributed by atoms with Crippen molar-refractivity contribution >= 4 is 40.1 Å². The van der Waals surface area contributed by atoms with Crippen LogP contribution in [0.15, 0.2) is 48.1 Å². The normalized spacial score (nSPS) is 10.6. The standard InChI is InChI=1S/C21H23N5O3S2/c1-4-11-26-16(12-15-9-7-6-8-10-15)24-25-21(26)30-13-17(27)23-20-22-14(3)18(31-20)19(28)29-5-2/h4,6-10H,1,5,11-13H2,2-3H3,(H,22,23,27). The Morgan fingerprint density at radius 2 is 2.06 bits per heavy atom. The Balaban J connectivity index is 1.63. The fourth-order valence-electron chi connectivity index (χ4n) is 2.77. The molecule has 0 radical (unpaired) electrons. The Morgan fingerprint density at radius 1 is 1.29 bits per heavy atom. The van der Waals surface area contributed by atoms with Crippen molar-refractivity contribution in [2.45, 2.75) is 32.0 Å². The molecule has 1 N–H and O–H groups in total. The van der Waals surface area contributed by atoms with Gasteiger partial charge in [0.25, 0.3) is 0 Å². The molecule has 0 atom stereocenters. The monoisotopic (exact) mass is 457 g/mol. The molecule has 2 aromatic heterocycles. The Kier molecular flexibility index (Phi) is 7.96. The molecule has 0 aliphatic rings. The number of ether oxygens (including phenoxy) is 1. The number of hydrogen-bond donors (Lipinski definition) is 1. The van der Waals surface area contributed by atoms with E-state index >= 15 is 0 Å². The highest BCUT2D eigenvalue weighted by Gasteiger charge is 2.18. The van der Waals surface area contributed by atoms with Crippen molar-refractivity contribution in [1.29, 1.82) is 0 Å². The van der Waals surface area contributed by atoms with Gasteiger partial charge in [0.05, 0.1) is 18.1 Å². The van der Waals surface area contributed by atoms with E-state index in [1.165, 1.54) is 11.8 Å². The summed E-state index contributed by atoms with van der Waals surface area (Å²) >= 11 is 2.39. The summed E-state index contributed by atoms with van der Waals surface area (Å²) in [5.74, 6) is 0.264. The van der Waals surface area contributed by atoms with E-state index in [-0.39, 0.29) is 18.3 Å². The molecule has 3 rings (SSSR count). The van der Waals surface area contributed by atoms with Gasteiger partial charge in [-0.05, 0) is 19.4 Å². The van der Waals surface area contributed by atoms with E-state index in [0.29, 0.717) is 33.8 Å². The predicted molar refractivity (Wildman–Crippen MR) is 122 cm³/mol. The Hall–Kier alpha value is -2.98. The number of carbonyl (C=O) groups is 2. The van der Waals surface area contributed by atoms with Crippen LogP contribution in [0.1, 0.15) is 33.7 Å². The number of rotatable bonds is 10. The van der Waals surface area contributed by atoms with Gasteiger partial charge in [-0.3, -0.25) is 4.79 Å². The Bertz CT molecular complexity index is 1060. The van der Waals surface area contributed by atoms with Gasteiger partial charge in [-0.1, -0.05) is 59.5 Å². The molecule has 0 aliphatic heterocycles. The predicted octanol–water partition coefficient (Wildman–Crippen LogP) is 3.73. The van der Waals surface area contributed by atoms with Crippen LogP contribution in [-0.4, -0.2) is 44.0 Å². The SMILES string of the molecule is C=CCn1c(Cc2ccccc2)nnc1SCC(=O)Nc1nc(C)c(C(=O)OCC)s1. The van der Waals surface area contributed by atoms with Crippen LogP contribution >= 0.6 is 23.1 Å². The maximum absolute atomic E-state index is 12.4. The molecule has 0 fully saturated rings. The minimum atomic E-state index is -0.434. The summed E-state index contributed by atoms with van der Waals surface area (Å²) in [6.45, 7) is 8.09. The third kappa shape index (κ3) is 6.02. The molecule has 0 bridgehead atoms. The first-order chi connectivity index (χ1) is 15.0. The van der Waals surface area contributed by atoms with Crippen molar-refractivity contribution in [3.05, 3.63) is 64.9 Å². The zero-order valence-electron chi connectivity index (χ0n) is 17.3. The first kappa shape index (κ1) is 22.7. The van der Waals surface area contributed by atoms with Crippen LogP contribution in [0.25, 0.3) is 0 Å². The summed E-state index contributed by atoms with van der Waals surface area (Å²) in [6.07, 6.45) is 2.42. The molecular formula is C21H23N5O3S2. The Labute approximate surface area is 188 Å². The number of thiazole rings is 1. The van der Waals surface area contributed by atoms with Crippen LogP contribution in [0.2, 0.25) is 0 Å². The summed E-state index contributed by atoms with van der Waals surface area (Å²) < 4.78 is 6.95. The minimum absolute atomic E-state index is 0.133. The molecule has 0 spiro atoms. The van der Waals surface area contributed by atoms with E-state index < -0.39 is 5.97 Å². The lowest BCUT2D eigenvalue weighted by Gasteiger charge is -2.07. The van der Waals surface area contributed by atoms with E-state index in [1.54, 1.807) is 19.9 Å². The van der Waals surface area contributed by atoms with Gasteiger partial charge >= 0.3 is 5.97 Å². The van der Waals surface area contributed by atoms with Crippen molar-refractivity contribution in [3.8, 4) is 0 Å². The number of aromatic nitrogens is 4. The fraction of sp³-hybridized carbons (Fsp3) is 0.286. The molecule has 8 nitrogen and oxygen atoms in total. The van der Waals surface area contributed by atoms with E-state index in [1.807, 2.05) is 34.9 Å². The first-order valence-electron chi connectivity index (χ1n) is 9.65. The van der Waals surface area contributed by atoms with Gasteiger partial charge in [-0.15, -0.1) is 16.8 Å². The van der Waals surface area contributed by atoms with Crippen molar-refractivity contribution in [3.63, 3.8) is 0 Å². The third-order valence-corrected chi connectivity index (χ3v) is 6.17. The molecule has 31 heavy (non-hydrogen) atoms. The smallest absolute Gasteiger partial charge is 0.350 e. The van der Waals surface area contributed by atoms with Gasteiger partial charge in [0, 0.05) is 13.0 Å². The number of anilines is 1. The number of hydrogen-bond acceptors (Lipinski definition) is 8. The van der Waals surface area contributed by atoms with Crippen molar-refractivity contribution in [2.75, 3.05) is 17.7 Å². The molecule has 0 saturated heterocycles. The molecule has 0 aliphatic carbocycles. The van der Waals surface area contributed by atoms with E-state index in [4.69, 9.17) is 4.74 Å². The van der Waals surface area contributed by atoms with Gasteiger partial charge in [0.2, 0.25) is 5.91 Å². The van der Waals surface area contributed by atoms with Crippen LogP contribution in [0, 0.1) is 6.92 Å². The number of esters is 1. The van der Waals surface area contributed by atoms with Crippen LogP contribution in [-0.2, 0) is 22.5 Å². The Morgan fingerprint density at radius 3 is 2.77 bits per heavy atom. The average molecular weight is 458 g/mol. The largest absolute Gasteiger partial charge is 0.462 e. The maximum atomic E-state index is 12.4. The van der Waals surface area contributed by atoms with Gasteiger partial charge in [0.1, 0.15) is 10.7 Å². The summed E-state index contributed by atoms with van der Waals surface area (Å²) in [6, 6.07) is 10.0. The quantitative estimate of drug-likeness (QED) is 0.281. The zero-order chi connectivity index (χ0) is 22.2. The molecule has 0 unspecified atom stereocenters. The second-order valence-electron chi connectivity index (χ2n) is 6.45. The van der Waals surface area contributed by atoms with Crippen LogP contribution in [0.3, 0.4) is 0 Å². The average Bonchev–Trinajstić information content (AvgIpc) is 3.30. The second-order valence-corrected chi connectivity index (χ2v) is 8.39. The molecule has 10 heteroatoms. The van der Waals surface area contributed by atoms with Crippen molar-refractivity contribution in [1.82, 2.24) is 19.7 Å². The summed E-state index contributed by atoms with van der Waals surface area (Å²) in [4.78, 5) is 28.9. The molecule has 2 heterocycles. The fourth-order valence-corrected chi connectivity index (χ4v) is 4.41. The zero-order valence-corrected chi connectivity index (χ0v) is 19.0. The lowest BCUT2D eigenvalue weighted by atomic mass is 10.1. The summed E-state index contributed by atoms with van der Waals surface area (Å²) in [5.41, 5.74) is 1.66. The highest BCUT2D eigenvalue weighted by molar-refractivity contribution is 7.99. The molecule has 162 valence electrons. The molecule has 1 aromatic carbocycles. The lowest BCUT2D eigenvalue weighted by molar-refractivity contribution is -0.113.